The summed E-state index contributed by atoms with van der Waals surface area (Å²) in [6.45, 7) is 4.24. The van der Waals surface area contributed by atoms with Crippen LogP contribution in [0.5, 0.6) is 0 Å². The fourth-order valence-electron chi connectivity index (χ4n) is 4.44. The minimum Gasteiger partial charge on any atom is -0.385 e. The highest BCUT2D eigenvalue weighted by Crippen LogP contribution is 2.54. The summed E-state index contributed by atoms with van der Waals surface area (Å²) in [5, 5.41) is 11.0. The van der Waals surface area contributed by atoms with Crippen LogP contribution in [-0.4, -0.2) is 5.11 Å². The van der Waals surface area contributed by atoms with Gasteiger partial charge in [-0.15, -0.1) is 0 Å². The topological polar surface area (TPSA) is 20.2 Å². The van der Waals surface area contributed by atoms with Crippen LogP contribution >= 0.6 is 0 Å². The fourth-order valence-corrected chi connectivity index (χ4v) is 4.44. The van der Waals surface area contributed by atoms with Gasteiger partial charge in [0.05, 0.1) is 5.60 Å². The third-order valence-electron chi connectivity index (χ3n) is 5.54. The number of rotatable bonds is 4. The van der Waals surface area contributed by atoms with Gasteiger partial charge in [-0.25, -0.2) is 0 Å². The molecule has 0 saturated heterocycles. The van der Waals surface area contributed by atoms with E-state index in [4.69, 9.17) is 0 Å². The molecule has 19 heavy (non-hydrogen) atoms. The first kappa shape index (κ1) is 13.2. The van der Waals surface area contributed by atoms with E-state index in [1.54, 1.807) is 0 Å². The summed E-state index contributed by atoms with van der Waals surface area (Å²) in [7, 11) is 0. The van der Waals surface area contributed by atoms with Crippen LogP contribution in [0.15, 0.2) is 24.3 Å². The smallest absolute Gasteiger partial charge is 0.0899 e. The lowest BCUT2D eigenvalue weighted by molar-refractivity contribution is -0.0297. The minimum absolute atomic E-state index is 0.475. The highest BCUT2D eigenvalue weighted by atomic mass is 16.3. The largest absolute Gasteiger partial charge is 0.385 e. The van der Waals surface area contributed by atoms with Crippen LogP contribution in [0.4, 0.5) is 0 Å². The summed E-state index contributed by atoms with van der Waals surface area (Å²) < 4.78 is 0. The summed E-state index contributed by atoms with van der Waals surface area (Å²) in [6, 6.07) is 8.69. The zero-order valence-electron chi connectivity index (χ0n) is 12.2. The normalized spacial score (nSPS) is 32.5. The van der Waals surface area contributed by atoms with Crippen LogP contribution in [0.3, 0.4) is 0 Å². The van der Waals surface area contributed by atoms with Gasteiger partial charge in [-0.2, -0.15) is 0 Å². The SMILES string of the molecule is CCCc1ccc(C(C)(O)C2CC3CCC2C3)cc1. The average molecular weight is 258 g/mol. The van der Waals surface area contributed by atoms with E-state index in [1.165, 1.54) is 37.7 Å². The third kappa shape index (κ3) is 2.33. The van der Waals surface area contributed by atoms with Crippen molar-refractivity contribution in [2.45, 2.75) is 58.0 Å². The molecular weight excluding hydrogens is 232 g/mol. The van der Waals surface area contributed by atoms with Gasteiger partial charge in [-0.1, -0.05) is 44.0 Å². The molecular formula is C18H26O. The highest BCUT2D eigenvalue weighted by Gasteiger charge is 2.48. The van der Waals surface area contributed by atoms with Crippen LogP contribution in [0.1, 0.15) is 57.1 Å². The van der Waals surface area contributed by atoms with Crippen molar-refractivity contribution in [3.8, 4) is 0 Å². The predicted molar refractivity (Wildman–Crippen MR) is 78.9 cm³/mol. The Hall–Kier alpha value is -0.820. The Kier molecular flexibility index (Phi) is 3.42. The molecule has 4 atom stereocenters. The van der Waals surface area contributed by atoms with Crippen LogP contribution in [0.2, 0.25) is 0 Å². The van der Waals surface area contributed by atoms with Gasteiger partial charge in [0, 0.05) is 0 Å². The van der Waals surface area contributed by atoms with Crippen molar-refractivity contribution >= 4 is 0 Å². The van der Waals surface area contributed by atoms with E-state index in [0.717, 1.165) is 23.8 Å². The molecule has 0 aliphatic heterocycles. The second-order valence-electron chi connectivity index (χ2n) is 6.88. The lowest BCUT2D eigenvalue weighted by atomic mass is 9.73. The molecule has 1 N–H and O–H groups in total. The highest BCUT2D eigenvalue weighted by molar-refractivity contribution is 5.28. The van der Waals surface area contributed by atoms with Crippen molar-refractivity contribution in [2.75, 3.05) is 0 Å². The molecule has 1 nitrogen and oxygen atoms in total. The summed E-state index contributed by atoms with van der Waals surface area (Å²) in [5.41, 5.74) is 1.87. The maximum Gasteiger partial charge on any atom is 0.0899 e. The van der Waals surface area contributed by atoms with E-state index in [0.29, 0.717) is 5.92 Å². The number of hydrogen-bond acceptors (Lipinski definition) is 1. The maximum absolute atomic E-state index is 11.0. The summed E-state index contributed by atoms with van der Waals surface area (Å²) in [4.78, 5) is 0. The van der Waals surface area contributed by atoms with Gasteiger partial charge in [0.1, 0.15) is 0 Å². The predicted octanol–water partition coefficient (Wildman–Crippen LogP) is 4.28. The van der Waals surface area contributed by atoms with Crippen LogP contribution in [0, 0.1) is 17.8 Å². The van der Waals surface area contributed by atoms with Crippen LogP contribution in [-0.2, 0) is 12.0 Å². The molecule has 4 unspecified atom stereocenters. The van der Waals surface area contributed by atoms with E-state index in [9.17, 15) is 5.11 Å². The Morgan fingerprint density at radius 2 is 1.89 bits per heavy atom. The molecule has 0 heterocycles. The van der Waals surface area contributed by atoms with Crippen LogP contribution < -0.4 is 0 Å². The van der Waals surface area contributed by atoms with E-state index < -0.39 is 5.60 Å². The number of fused-ring (bicyclic) bond motifs is 2. The van der Waals surface area contributed by atoms with Gasteiger partial charge in [-0.05, 0) is 61.5 Å². The first-order valence-electron chi connectivity index (χ1n) is 7.93. The van der Waals surface area contributed by atoms with Crippen molar-refractivity contribution in [3.63, 3.8) is 0 Å². The maximum atomic E-state index is 11.0. The third-order valence-corrected chi connectivity index (χ3v) is 5.54. The average Bonchev–Trinajstić information content (AvgIpc) is 3.02. The van der Waals surface area contributed by atoms with Crippen LogP contribution in [0.25, 0.3) is 0 Å². The summed E-state index contributed by atoms with van der Waals surface area (Å²) in [5.74, 6) is 2.12. The van der Waals surface area contributed by atoms with Crippen molar-refractivity contribution in [1.82, 2.24) is 0 Å². The Bertz CT molecular complexity index is 432. The molecule has 0 amide bonds. The van der Waals surface area contributed by atoms with Crippen molar-refractivity contribution < 1.29 is 5.11 Å². The van der Waals surface area contributed by atoms with Crippen molar-refractivity contribution in [1.29, 1.82) is 0 Å². The quantitative estimate of drug-likeness (QED) is 0.854. The molecule has 2 bridgehead atoms. The fraction of sp³-hybridized carbons (Fsp3) is 0.667. The Morgan fingerprint density at radius 1 is 1.16 bits per heavy atom. The van der Waals surface area contributed by atoms with Gasteiger partial charge < -0.3 is 5.11 Å². The van der Waals surface area contributed by atoms with Gasteiger partial charge in [0.15, 0.2) is 0 Å². The van der Waals surface area contributed by atoms with Crippen molar-refractivity contribution in [2.24, 2.45) is 17.8 Å². The molecule has 2 aliphatic rings. The lowest BCUT2D eigenvalue weighted by Gasteiger charge is -2.36. The van der Waals surface area contributed by atoms with Gasteiger partial charge in [0.2, 0.25) is 0 Å². The second kappa shape index (κ2) is 4.94. The number of aliphatic hydroxyl groups is 1. The molecule has 0 radical (unpaired) electrons. The number of hydrogen-bond donors (Lipinski definition) is 1. The Labute approximate surface area is 117 Å². The molecule has 3 rings (SSSR count). The monoisotopic (exact) mass is 258 g/mol. The molecule has 0 spiro atoms. The Balaban J connectivity index is 1.79. The summed E-state index contributed by atoms with van der Waals surface area (Å²) in [6.07, 6.45) is 7.63. The van der Waals surface area contributed by atoms with Gasteiger partial charge >= 0.3 is 0 Å². The zero-order chi connectivity index (χ0) is 13.5. The molecule has 2 saturated carbocycles. The van der Waals surface area contributed by atoms with E-state index >= 15 is 0 Å². The first-order valence-corrected chi connectivity index (χ1v) is 7.93. The molecule has 2 aliphatic carbocycles. The number of benzene rings is 1. The van der Waals surface area contributed by atoms with E-state index in [1.807, 2.05) is 6.92 Å². The molecule has 104 valence electrons. The molecule has 1 heteroatoms. The number of aryl methyl sites for hydroxylation is 1. The van der Waals surface area contributed by atoms with Gasteiger partial charge in [-0.3, -0.25) is 0 Å². The Morgan fingerprint density at radius 3 is 2.42 bits per heavy atom. The van der Waals surface area contributed by atoms with Crippen molar-refractivity contribution in [3.05, 3.63) is 35.4 Å². The molecule has 0 aromatic heterocycles. The minimum atomic E-state index is -0.634. The summed E-state index contributed by atoms with van der Waals surface area (Å²) >= 11 is 0. The lowest BCUT2D eigenvalue weighted by Crippen LogP contribution is -2.35. The molecule has 2 fully saturated rings. The second-order valence-corrected chi connectivity index (χ2v) is 6.88. The molecule has 1 aromatic carbocycles. The van der Waals surface area contributed by atoms with E-state index in [2.05, 4.69) is 31.2 Å². The van der Waals surface area contributed by atoms with E-state index in [-0.39, 0.29) is 0 Å². The van der Waals surface area contributed by atoms with Gasteiger partial charge in [0.25, 0.3) is 0 Å². The standard InChI is InChI=1S/C18H26O/c1-3-4-13-6-9-16(10-7-13)18(2,19)17-12-14-5-8-15(17)11-14/h6-7,9-10,14-15,17,19H,3-5,8,11-12H2,1-2H3. The zero-order valence-corrected chi connectivity index (χ0v) is 12.2. The molecule has 1 aromatic rings. The first-order chi connectivity index (χ1) is 9.11.